The van der Waals surface area contributed by atoms with E-state index in [9.17, 15) is 8.42 Å². The van der Waals surface area contributed by atoms with Gasteiger partial charge in [0.1, 0.15) is 0 Å². The third-order valence-corrected chi connectivity index (χ3v) is 1.39. The van der Waals surface area contributed by atoms with Crippen molar-refractivity contribution in [2.24, 2.45) is 0 Å². The van der Waals surface area contributed by atoms with Crippen molar-refractivity contribution in [3.05, 3.63) is 0 Å². The second-order valence-corrected chi connectivity index (χ2v) is 3.47. The molecule has 0 aromatic rings. The monoisotopic (exact) mass is 204 g/mol. The highest BCUT2D eigenvalue weighted by Gasteiger charge is 1.98. The lowest BCUT2D eigenvalue weighted by molar-refractivity contribution is 0.482. The van der Waals surface area contributed by atoms with Crippen molar-refractivity contribution in [3.63, 3.8) is 0 Å². The van der Waals surface area contributed by atoms with E-state index in [-0.39, 0.29) is 5.75 Å². The molecule has 0 aromatic heterocycles. The van der Waals surface area contributed by atoms with Crippen molar-refractivity contribution in [2.75, 3.05) is 5.75 Å². The van der Waals surface area contributed by atoms with Crippen molar-refractivity contribution >= 4 is 20.7 Å². The minimum absolute atomic E-state index is 0.132. The molecule has 0 spiro atoms. The lowest BCUT2D eigenvalue weighted by Gasteiger charge is -1.85. The highest BCUT2D eigenvalue weighted by Crippen LogP contribution is 1.83. The van der Waals surface area contributed by atoms with Gasteiger partial charge in [-0.2, -0.15) is 8.42 Å². The van der Waals surface area contributed by atoms with Crippen LogP contribution in [0.4, 0.5) is 0 Å². The van der Waals surface area contributed by atoms with Crippen molar-refractivity contribution in [1.82, 2.24) is 0 Å². The van der Waals surface area contributed by atoms with Crippen LogP contribution in [0, 0.1) is 0 Å². The molecular weight excluding hydrogens is 196 g/mol. The van der Waals surface area contributed by atoms with Crippen LogP contribution in [0.5, 0.6) is 0 Å². The van der Waals surface area contributed by atoms with Gasteiger partial charge in [0.05, 0.1) is 5.75 Å². The van der Waals surface area contributed by atoms with Gasteiger partial charge < -0.3 is 0 Å². The van der Waals surface area contributed by atoms with E-state index in [2.05, 4.69) is 0 Å². The SMILES string of the molecule is CCCS(=O)(=O)O.O=S(=O)=O. The molecule has 8 heteroatoms. The first-order valence-electron chi connectivity index (χ1n) is 2.51. The molecule has 0 fully saturated rings. The van der Waals surface area contributed by atoms with Gasteiger partial charge in [0.15, 0.2) is 0 Å². The fraction of sp³-hybridized carbons (Fsp3) is 1.00. The molecule has 0 aliphatic carbocycles. The van der Waals surface area contributed by atoms with Gasteiger partial charge in [-0.3, -0.25) is 4.55 Å². The first kappa shape index (κ1) is 13.1. The highest BCUT2D eigenvalue weighted by atomic mass is 32.2. The standard InChI is InChI=1S/C3H8O3S.O3S/c1-2-3-7(4,5)6;1-4(2)3/h2-3H2,1H3,(H,4,5,6);. The van der Waals surface area contributed by atoms with Crippen LogP contribution < -0.4 is 0 Å². The van der Waals surface area contributed by atoms with Crippen LogP contribution in [0.3, 0.4) is 0 Å². The topological polar surface area (TPSA) is 106 Å². The molecule has 0 amide bonds. The Balaban J connectivity index is 0. The van der Waals surface area contributed by atoms with E-state index < -0.39 is 20.7 Å². The summed E-state index contributed by atoms with van der Waals surface area (Å²) in [4.78, 5) is 0. The van der Waals surface area contributed by atoms with Crippen molar-refractivity contribution < 1.29 is 25.6 Å². The highest BCUT2D eigenvalue weighted by molar-refractivity contribution is 7.85. The van der Waals surface area contributed by atoms with Gasteiger partial charge in [0.25, 0.3) is 10.1 Å². The van der Waals surface area contributed by atoms with E-state index in [0.717, 1.165) is 0 Å². The Morgan fingerprint density at radius 1 is 1.27 bits per heavy atom. The molecular formula is C3H8O6S2. The van der Waals surface area contributed by atoms with E-state index in [4.69, 9.17) is 17.2 Å². The van der Waals surface area contributed by atoms with Crippen LogP contribution in [0.25, 0.3) is 0 Å². The summed E-state index contributed by atoms with van der Waals surface area (Å²) in [7, 11) is -6.79. The fourth-order valence-corrected chi connectivity index (χ4v) is 0.774. The largest absolute Gasteiger partial charge is 0.425 e. The summed E-state index contributed by atoms with van der Waals surface area (Å²) in [5.74, 6) is -0.132. The maximum absolute atomic E-state index is 9.79. The summed E-state index contributed by atoms with van der Waals surface area (Å²) in [5.41, 5.74) is 0. The molecule has 0 unspecified atom stereocenters. The van der Waals surface area contributed by atoms with Crippen molar-refractivity contribution in [2.45, 2.75) is 13.3 Å². The summed E-state index contributed by atoms with van der Waals surface area (Å²) in [5, 5.41) is 0. The molecule has 0 saturated carbocycles. The minimum atomic E-state index is -3.67. The zero-order valence-electron chi connectivity index (χ0n) is 5.72. The molecule has 68 valence electrons. The Bertz CT molecular complexity index is 262. The van der Waals surface area contributed by atoms with Gasteiger partial charge in [-0.05, 0) is 6.42 Å². The normalized spacial score (nSPS) is 9.64. The molecule has 0 atom stereocenters. The van der Waals surface area contributed by atoms with E-state index in [0.29, 0.717) is 6.42 Å². The third kappa shape index (κ3) is 43.4. The molecule has 0 heterocycles. The van der Waals surface area contributed by atoms with Gasteiger partial charge in [-0.25, -0.2) is 0 Å². The van der Waals surface area contributed by atoms with Crippen molar-refractivity contribution in [3.8, 4) is 0 Å². The second-order valence-electron chi connectivity index (χ2n) is 1.49. The molecule has 11 heavy (non-hydrogen) atoms. The maximum Gasteiger partial charge on any atom is 0.425 e. The van der Waals surface area contributed by atoms with E-state index in [1.807, 2.05) is 0 Å². The predicted octanol–water partition coefficient (Wildman–Crippen LogP) is -0.720. The Kier molecular flexibility index (Phi) is 7.47. The molecule has 0 saturated heterocycles. The van der Waals surface area contributed by atoms with E-state index >= 15 is 0 Å². The predicted molar refractivity (Wildman–Crippen MR) is 36.4 cm³/mol. The maximum atomic E-state index is 9.79. The zero-order chi connectivity index (χ0) is 9.49. The number of hydrogen-bond donors (Lipinski definition) is 1. The number of hydrogen-bond acceptors (Lipinski definition) is 5. The number of rotatable bonds is 2. The van der Waals surface area contributed by atoms with Crippen LogP contribution in [0.15, 0.2) is 0 Å². The van der Waals surface area contributed by atoms with Crippen LogP contribution in [-0.2, 0) is 20.7 Å². The Hall–Kier alpha value is -0.470. The first-order valence-corrected chi connectivity index (χ1v) is 5.12. The smallest absolute Gasteiger partial charge is 0.286 e. The molecule has 0 aliphatic heterocycles. The zero-order valence-corrected chi connectivity index (χ0v) is 7.35. The first-order chi connectivity index (χ1) is 4.79. The molecule has 0 aliphatic rings. The van der Waals surface area contributed by atoms with Crippen LogP contribution in [0.2, 0.25) is 0 Å². The third-order valence-electron chi connectivity index (χ3n) is 0.462. The minimum Gasteiger partial charge on any atom is -0.286 e. The van der Waals surface area contributed by atoms with Crippen molar-refractivity contribution in [1.29, 1.82) is 0 Å². The summed E-state index contributed by atoms with van der Waals surface area (Å²) in [6, 6.07) is 0. The van der Waals surface area contributed by atoms with Crippen LogP contribution in [0.1, 0.15) is 13.3 Å². The lowest BCUT2D eigenvalue weighted by atomic mass is 10.6. The summed E-state index contributed by atoms with van der Waals surface area (Å²) in [6.45, 7) is 1.69. The molecule has 0 aromatic carbocycles. The van der Waals surface area contributed by atoms with Crippen LogP contribution in [-0.4, -0.2) is 31.4 Å². The average molecular weight is 204 g/mol. The molecule has 0 bridgehead atoms. The molecule has 6 nitrogen and oxygen atoms in total. The van der Waals surface area contributed by atoms with E-state index in [1.165, 1.54) is 0 Å². The van der Waals surface area contributed by atoms with Gasteiger partial charge in [-0.1, -0.05) is 6.92 Å². The van der Waals surface area contributed by atoms with Gasteiger partial charge in [0, 0.05) is 0 Å². The average Bonchev–Trinajstić information content (AvgIpc) is 1.58. The lowest BCUT2D eigenvalue weighted by Crippen LogP contribution is -2.01. The summed E-state index contributed by atoms with van der Waals surface area (Å²) >= 11 is 0. The molecule has 0 rings (SSSR count). The van der Waals surface area contributed by atoms with Crippen LogP contribution >= 0.6 is 0 Å². The van der Waals surface area contributed by atoms with E-state index in [1.54, 1.807) is 6.92 Å². The molecule has 1 N–H and O–H groups in total. The second kappa shape index (κ2) is 6.25. The Labute approximate surface area is 66.0 Å². The Morgan fingerprint density at radius 3 is 1.55 bits per heavy atom. The summed E-state index contributed by atoms with van der Waals surface area (Å²) < 4.78 is 52.9. The Morgan fingerprint density at radius 2 is 1.55 bits per heavy atom. The quantitative estimate of drug-likeness (QED) is 0.595. The van der Waals surface area contributed by atoms with Gasteiger partial charge in [0.2, 0.25) is 0 Å². The van der Waals surface area contributed by atoms with Gasteiger partial charge >= 0.3 is 10.6 Å². The molecule has 0 radical (unpaired) electrons. The van der Waals surface area contributed by atoms with Gasteiger partial charge in [-0.15, -0.1) is 12.6 Å². The fourth-order valence-electron chi connectivity index (χ4n) is 0.258. The summed E-state index contributed by atoms with van der Waals surface area (Å²) in [6.07, 6.45) is 0.471.